The number of rotatable bonds is 1. The third kappa shape index (κ3) is 2.35. The molecule has 0 N–H and O–H groups in total. The number of carbonyl (C=O) groups is 1. The van der Waals surface area contributed by atoms with Crippen LogP contribution in [0.2, 0.25) is 0 Å². The van der Waals surface area contributed by atoms with Gasteiger partial charge in [-0.15, -0.1) is 0 Å². The smallest absolute Gasteiger partial charge is 0.237 e. The van der Waals surface area contributed by atoms with Gasteiger partial charge in [-0.3, -0.25) is 4.79 Å². The van der Waals surface area contributed by atoms with E-state index in [0.29, 0.717) is 25.1 Å². The lowest BCUT2D eigenvalue weighted by atomic mass is 9.84. The Morgan fingerprint density at radius 3 is 3.06 bits per heavy atom. The molecule has 2 fully saturated rings. The summed E-state index contributed by atoms with van der Waals surface area (Å²) >= 11 is 0. The lowest BCUT2D eigenvalue weighted by Crippen LogP contribution is -2.46. The van der Waals surface area contributed by atoms with Crippen molar-refractivity contribution < 1.29 is 9.53 Å². The molecular weight excluding hydrogens is 204 g/mol. The van der Waals surface area contributed by atoms with Crippen molar-refractivity contribution in [1.29, 1.82) is 5.26 Å². The highest BCUT2D eigenvalue weighted by atomic mass is 16.5. The maximum absolute atomic E-state index is 11.9. The minimum atomic E-state index is -0.0232. The van der Waals surface area contributed by atoms with Crippen molar-refractivity contribution in [3.8, 4) is 6.07 Å². The van der Waals surface area contributed by atoms with Gasteiger partial charge in [-0.05, 0) is 12.8 Å². The molecule has 88 valence electrons. The van der Waals surface area contributed by atoms with E-state index < -0.39 is 0 Å². The third-order valence-corrected chi connectivity index (χ3v) is 3.63. The Labute approximate surface area is 96.2 Å². The van der Waals surface area contributed by atoms with Gasteiger partial charge < -0.3 is 9.64 Å². The number of nitrogens with zero attached hydrogens (tertiary/aromatic N) is 2. The van der Waals surface area contributed by atoms with E-state index in [2.05, 4.69) is 0 Å². The van der Waals surface area contributed by atoms with Crippen molar-refractivity contribution in [3.63, 3.8) is 0 Å². The third-order valence-electron chi connectivity index (χ3n) is 3.63. The summed E-state index contributed by atoms with van der Waals surface area (Å²) in [5.41, 5.74) is 0. The Morgan fingerprint density at radius 2 is 2.25 bits per heavy atom. The van der Waals surface area contributed by atoms with Crippen molar-refractivity contribution in [2.75, 3.05) is 19.8 Å². The number of fused-ring (bicyclic) bond motifs is 1. The Balaban J connectivity index is 2.08. The van der Waals surface area contributed by atoms with E-state index in [0.717, 1.165) is 19.4 Å². The van der Waals surface area contributed by atoms with Crippen molar-refractivity contribution in [1.82, 2.24) is 4.90 Å². The number of amides is 1. The lowest BCUT2D eigenvalue weighted by Gasteiger charge is -2.37. The first-order valence-corrected chi connectivity index (χ1v) is 6.07. The Morgan fingerprint density at radius 1 is 1.44 bits per heavy atom. The van der Waals surface area contributed by atoms with Crippen LogP contribution in [0.4, 0.5) is 0 Å². The summed E-state index contributed by atoms with van der Waals surface area (Å²) in [5.74, 6) is 0.462. The first kappa shape index (κ1) is 11.4. The monoisotopic (exact) mass is 222 g/mol. The largest absolute Gasteiger partial charge is 0.379 e. The van der Waals surface area contributed by atoms with Gasteiger partial charge in [0, 0.05) is 18.5 Å². The summed E-state index contributed by atoms with van der Waals surface area (Å²) in [6, 6.07) is 2.27. The molecule has 2 unspecified atom stereocenters. The molecule has 1 saturated carbocycles. The van der Waals surface area contributed by atoms with E-state index in [4.69, 9.17) is 10.00 Å². The van der Waals surface area contributed by atoms with Gasteiger partial charge in [-0.2, -0.15) is 5.26 Å². The topological polar surface area (TPSA) is 53.3 Å². The highest BCUT2D eigenvalue weighted by Gasteiger charge is 2.34. The highest BCUT2D eigenvalue weighted by Crippen LogP contribution is 2.30. The van der Waals surface area contributed by atoms with E-state index in [1.54, 1.807) is 0 Å². The zero-order valence-corrected chi connectivity index (χ0v) is 9.52. The Bertz CT molecular complexity index is 298. The number of ether oxygens (including phenoxy) is 1. The summed E-state index contributed by atoms with van der Waals surface area (Å²) in [7, 11) is 0. The van der Waals surface area contributed by atoms with Gasteiger partial charge in [0.25, 0.3) is 0 Å². The normalized spacial score (nSPS) is 30.1. The van der Waals surface area contributed by atoms with E-state index in [1.807, 2.05) is 11.0 Å². The second-order valence-electron chi connectivity index (χ2n) is 4.61. The number of carbonyl (C=O) groups excluding carboxylic acids is 1. The molecule has 0 aromatic heterocycles. The van der Waals surface area contributed by atoms with Gasteiger partial charge in [-0.1, -0.05) is 12.8 Å². The van der Waals surface area contributed by atoms with Crippen LogP contribution in [0, 0.1) is 17.2 Å². The summed E-state index contributed by atoms with van der Waals surface area (Å²) in [6.45, 7) is 2.05. The Kier molecular flexibility index (Phi) is 3.79. The molecule has 0 aromatic rings. The second kappa shape index (κ2) is 5.31. The molecule has 1 amide bonds. The van der Waals surface area contributed by atoms with Crippen LogP contribution in [0.5, 0.6) is 0 Å². The minimum Gasteiger partial charge on any atom is -0.379 e. The molecule has 2 atom stereocenters. The zero-order valence-electron chi connectivity index (χ0n) is 9.52. The van der Waals surface area contributed by atoms with Gasteiger partial charge >= 0.3 is 0 Å². The SMILES string of the molecule is N#CCC(=O)N1CCOCC2CCCCC21. The number of hydrogen-bond donors (Lipinski definition) is 0. The molecule has 16 heavy (non-hydrogen) atoms. The molecule has 0 bridgehead atoms. The second-order valence-corrected chi connectivity index (χ2v) is 4.61. The van der Waals surface area contributed by atoms with Crippen LogP contribution < -0.4 is 0 Å². The predicted octanol–water partition coefficient (Wildman–Crippen LogP) is 1.32. The van der Waals surface area contributed by atoms with Crippen LogP contribution in [0.3, 0.4) is 0 Å². The fourth-order valence-corrected chi connectivity index (χ4v) is 2.84. The molecular formula is C12H18N2O2. The average molecular weight is 222 g/mol. The van der Waals surface area contributed by atoms with Crippen LogP contribution in [0.15, 0.2) is 0 Å². The molecule has 4 nitrogen and oxygen atoms in total. The summed E-state index contributed by atoms with van der Waals surface area (Å²) in [4.78, 5) is 13.7. The van der Waals surface area contributed by atoms with Crippen LogP contribution in [-0.2, 0) is 9.53 Å². The van der Waals surface area contributed by atoms with Crippen molar-refractivity contribution in [2.45, 2.75) is 38.1 Å². The molecule has 0 aromatic carbocycles. The quantitative estimate of drug-likeness (QED) is 0.672. The molecule has 1 aliphatic carbocycles. The zero-order chi connectivity index (χ0) is 11.4. The number of nitriles is 1. The van der Waals surface area contributed by atoms with Gasteiger partial charge in [-0.25, -0.2) is 0 Å². The van der Waals surface area contributed by atoms with Gasteiger partial charge in [0.05, 0.1) is 19.3 Å². The Hall–Kier alpha value is -1.08. The highest BCUT2D eigenvalue weighted by molar-refractivity contribution is 5.78. The van der Waals surface area contributed by atoms with Gasteiger partial charge in [0.1, 0.15) is 6.42 Å². The van der Waals surface area contributed by atoms with Crippen LogP contribution in [-0.4, -0.2) is 36.6 Å². The average Bonchev–Trinajstić information content (AvgIpc) is 2.51. The van der Waals surface area contributed by atoms with Crippen LogP contribution in [0.1, 0.15) is 32.1 Å². The van der Waals surface area contributed by atoms with Crippen LogP contribution >= 0.6 is 0 Å². The standard InChI is InChI=1S/C12H18N2O2/c13-6-5-12(15)14-7-8-16-9-10-3-1-2-4-11(10)14/h10-11H,1-5,7-9H2. The molecule has 1 aliphatic heterocycles. The van der Waals surface area contributed by atoms with Crippen molar-refractivity contribution in [2.24, 2.45) is 5.92 Å². The molecule has 0 spiro atoms. The number of hydrogen-bond acceptors (Lipinski definition) is 3. The molecule has 4 heteroatoms. The molecule has 2 rings (SSSR count). The van der Waals surface area contributed by atoms with E-state index >= 15 is 0 Å². The minimum absolute atomic E-state index is 0.00319. The van der Waals surface area contributed by atoms with Crippen molar-refractivity contribution >= 4 is 5.91 Å². The van der Waals surface area contributed by atoms with E-state index in [-0.39, 0.29) is 12.3 Å². The first-order valence-electron chi connectivity index (χ1n) is 6.07. The fraction of sp³-hybridized carbons (Fsp3) is 0.833. The predicted molar refractivity (Wildman–Crippen MR) is 58.5 cm³/mol. The van der Waals surface area contributed by atoms with Crippen molar-refractivity contribution in [3.05, 3.63) is 0 Å². The first-order chi connectivity index (χ1) is 7.83. The van der Waals surface area contributed by atoms with E-state index in [9.17, 15) is 4.79 Å². The molecule has 0 radical (unpaired) electrons. The maximum Gasteiger partial charge on any atom is 0.237 e. The van der Waals surface area contributed by atoms with Gasteiger partial charge in [0.15, 0.2) is 0 Å². The molecule has 2 aliphatic rings. The van der Waals surface area contributed by atoms with Gasteiger partial charge in [0.2, 0.25) is 5.91 Å². The fourth-order valence-electron chi connectivity index (χ4n) is 2.84. The molecule has 1 heterocycles. The maximum atomic E-state index is 11.9. The molecule has 1 saturated heterocycles. The summed E-state index contributed by atoms with van der Waals surface area (Å²) < 4.78 is 5.55. The summed E-state index contributed by atoms with van der Waals surface area (Å²) in [5, 5.41) is 8.60. The summed E-state index contributed by atoms with van der Waals surface area (Å²) in [6.07, 6.45) is 4.66. The van der Waals surface area contributed by atoms with Crippen LogP contribution in [0.25, 0.3) is 0 Å². The van der Waals surface area contributed by atoms with E-state index in [1.165, 1.54) is 12.8 Å². The lowest BCUT2D eigenvalue weighted by molar-refractivity contribution is -0.133.